The van der Waals surface area contributed by atoms with E-state index in [0.29, 0.717) is 0 Å². The molecule has 0 spiro atoms. The van der Waals surface area contributed by atoms with Gasteiger partial charge in [-0.3, -0.25) is 0 Å². The summed E-state index contributed by atoms with van der Waals surface area (Å²) in [5, 5.41) is 7.56. The van der Waals surface area contributed by atoms with E-state index in [1.807, 2.05) is 26.0 Å². The summed E-state index contributed by atoms with van der Waals surface area (Å²) in [4.78, 5) is 2.32. The van der Waals surface area contributed by atoms with Gasteiger partial charge in [-0.2, -0.15) is 0 Å². The molecule has 0 aliphatic rings. The maximum atomic E-state index is 6.41. The molecule has 0 heterocycles. The van der Waals surface area contributed by atoms with E-state index in [0.717, 1.165) is 30.0 Å². The van der Waals surface area contributed by atoms with Crippen LogP contribution in [0.25, 0.3) is 65.7 Å². The molecule has 8 rings (SSSR count). The zero-order valence-electron chi connectivity index (χ0n) is 28.5. The van der Waals surface area contributed by atoms with Crippen molar-refractivity contribution in [1.29, 1.82) is 0 Å². The van der Waals surface area contributed by atoms with Gasteiger partial charge in [-0.25, -0.2) is 0 Å². The Morgan fingerprint density at radius 3 is 1.45 bits per heavy atom. The van der Waals surface area contributed by atoms with Gasteiger partial charge in [0.05, 0.1) is 11.4 Å². The van der Waals surface area contributed by atoms with E-state index in [2.05, 4.69) is 163 Å². The Balaban J connectivity index is 0.00000186. The predicted molar refractivity (Wildman–Crippen MR) is 215 cm³/mol. The van der Waals surface area contributed by atoms with Crippen LogP contribution in [0.1, 0.15) is 27.2 Å². The van der Waals surface area contributed by atoms with E-state index in [9.17, 15) is 0 Å². The van der Waals surface area contributed by atoms with Crippen LogP contribution in [-0.2, 0) is 0 Å². The van der Waals surface area contributed by atoms with E-state index in [-0.39, 0.29) is 0 Å². The number of rotatable bonds is 7. The van der Waals surface area contributed by atoms with Gasteiger partial charge in [0.25, 0.3) is 0 Å². The molecule has 0 aromatic heterocycles. The molecular formula is C47H42N2. The first-order valence-electron chi connectivity index (χ1n) is 17.5. The maximum Gasteiger partial charge on any atom is 0.0644 e. The van der Waals surface area contributed by atoms with E-state index in [1.54, 1.807) is 0 Å². The third kappa shape index (κ3) is 5.91. The molecule has 0 bridgehead atoms. The molecule has 0 unspecified atom stereocenters. The van der Waals surface area contributed by atoms with Gasteiger partial charge in [0.15, 0.2) is 0 Å². The number of benzene rings is 8. The van der Waals surface area contributed by atoms with Gasteiger partial charge in [-0.1, -0.05) is 160 Å². The van der Waals surface area contributed by atoms with Crippen LogP contribution in [0.2, 0.25) is 0 Å². The average Bonchev–Trinajstić information content (AvgIpc) is 3.17. The Bertz CT molecular complexity index is 2310. The molecule has 0 aliphatic carbocycles. The number of hydrogen-bond donors (Lipinski definition) is 1. The van der Waals surface area contributed by atoms with Crippen LogP contribution in [0, 0.1) is 0 Å². The molecule has 0 saturated heterocycles. The van der Waals surface area contributed by atoms with Crippen LogP contribution < -0.4 is 10.6 Å². The van der Waals surface area contributed by atoms with Gasteiger partial charge in [0.1, 0.15) is 0 Å². The third-order valence-electron chi connectivity index (χ3n) is 9.35. The van der Waals surface area contributed by atoms with Crippen molar-refractivity contribution in [3.05, 3.63) is 164 Å². The Morgan fingerprint density at radius 2 is 0.898 bits per heavy atom. The number of para-hydroxylation sites is 2. The Morgan fingerprint density at radius 1 is 0.449 bits per heavy atom. The van der Waals surface area contributed by atoms with Crippen LogP contribution >= 0.6 is 0 Å². The molecule has 0 atom stereocenters. The van der Waals surface area contributed by atoms with Crippen molar-refractivity contribution in [1.82, 2.24) is 0 Å². The van der Waals surface area contributed by atoms with Gasteiger partial charge in [0.2, 0.25) is 0 Å². The Hall–Kier alpha value is -5.86. The quantitative estimate of drug-likeness (QED) is 0.140. The number of nitrogen functional groups attached to an aromatic ring is 1. The minimum Gasteiger partial charge on any atom is -0.397 e. The fraction of sp³-hybridized carbons (Fsp3) is 0.106. The van der Waals surface area contributed by atoms with Gasteiger partial charge < -0.3 is 10.6 Å². The number of anilines is 3. The van der Waals surface area contributed by atoms with Crippen molar-refractivity contribution in [3.8, 4) is 33.4 Å². The molecule has 2 nitrogen and oxygen atoms in total. The molecule has 0 radical (unpaired) electrons. The molecular weight excluding hydrogens is 593 g/mol. The fourth-order valence-corrected chi connectivity index (χ4v) is 7.20. The Kier molecular flexibility index (Phi) is 9.12. The second-order valence-corrected chi connectivity index (χ2v) is 12.2. The zero-order valence-corrected chi connectivity index (χ0v) is 28.5. The number of nitrogens with zero attached hydrogens (tertiary/aromatic N) is 1. The SMILES string of the molecule is CC.CCCN(c1ccc(-c2c3ccccc3c(-c3ccc(-c4cccc5ccccc45)cc3)c3ccccc23)cc1)c1ccccc1N. The molecule has 240 valence electrons. The molecule has 8 aromatic rings. The summed E-state index contributed by atoms with van der Waals surface area (Å²) in [6.07, 6.45) is 1.02. The lowest BCUT2D eigenvalue weighted by atomic mass is 9.85. The van der Waals surface area contributed by atoms with Crippen molar-refractivity contribution >= 4 is 49.4 Å². The number of hydrogen-bond acceptors (Lipinski definition) is 2. The van der Waals surface area contributed by atoms with Crippen LogP contribution in [0.15, 0.2) is 164 Å². The fourth-order valence-electron chi connectivity index (χ4n) is 7.20. The molecule has 49 heavy (non-hydrogen) atoms. The van der Waals surface area contributed by atoms with Crippen molar-refractivity contribution in [3.63, 3.8) is 0 Å². The second kappa shape index (κ2) is 14.1. The maximum absolute atomic E-state index is 6.41. The summed E-state index contributed by atoms with van der Waals surface area (Å²) in [6.45, 7) is 7.10. The largest absolute Gasteiger partial charge is 0.397 e. The van der Waals surface area contributed by atoms with Crippen LogP contribution in [-0.4, -0.2) is 6.54 Å². The topological polar surface area (TPSA) is 29.3 Å². The highest BCUT2D eigenvalue weighted by molar-refractivity contribution is 6.21. The summed E-state index contributed by atoms with van der Waals surface area (Å²) in [5.41, 5.74) is 16.9. The minimum absolute atomic E-state index is 0.794. The van der Waals surface area contributed by atoms with Crippen molar-refractivity contribution in [2.24, 2.45) is 0 Å². The van der Waals surface area contributed by atoms with Crippen LogP contribution in [0.3, 0.4) is 0 Å². The predicted octanol–water partition coefficient (Wildman–Crippen LogP) is 13.3. The van der Waals surface area contributed by atoms with Crippen molar-refractivity contribution in [2.45, 2.75) is 27.2 Å². The number of fused-ring (bicyclic) bond motifs is 3. The summed E-state index contributed by atoms with van der Waals surface area (Å²) in [7, 11) is 0. The van der Waals surface area contributed by atoms with Crippen LogP contribution in [0.5, 0.6) is 0 Å². The molecule has 0 saturated carbocycles. The zero-order chi connectivity index (χ0) is 33.7. The molecule has 0 amide bonds. The normalized spacial score (nSPS) is 11.0. The highest BCUT2D eigenvalue weighted by atomic mass is 15.1. The van der Waals surface area contributed by atoms with Crippen molar-refractivity contribution < 1.29 is 0 Å². The first-order valence-corrected chi connectivity index (χ1v) is 17.5. The summed E-state index contributed by atoms with van der Waals surface area (Å²) in [5.74, 6) is 0. The molecule has 2 heteroatoms. The average molecular weight is 635 g/mol. The monoisotopic (exact) mass is 634 g/mol. The molecule has 0 fully saturated rings. The first-order chi connectivity index (χ1) is 24.2. The lowest BCUT2D eigenvalue weighted by molar-refractivity contribution is 0.887. The van der Waals surface area contributed by atoms with E-state index in [1.165, 1.54) is 65.7 Å². The first kappa shape index (κ1) is 31.7. The van der Waals surface area contributed by atoms with E-state index < -0.39 is 0 Å². The van der Waals surface area contributed by atoms with Gasteiger partial charge in [-0.05, 0) is 96.4 Å². The smallest absolute Gasteiger partial charge is 0.0644 e. The van der Waals surface area contributed by atoms with Crippen molar-refractivity contribution in [2.75, 3.05) is 17.2 Å². The lowest BCUT2D eigenvalue weighted by Crippen LogP contribution is -2.19. The van der Waals surface area contributed by atoms with Crippen LogP contribution in [0.4, 0.5) is 17.1 Å². The molecule has 0 aliphatic heterocycles. The second-order valence-electron chi connectivity index (χ2n) is 12.2. The Labute approximate surface area is 290 Å². The summed E-state index contributed by atoms with van der Waals surface area (Å²) in [6, 6.07) is 59.1. The summed E-state index contributed by atoms with van der Waals surface area (Å²) < 4.78 is 0. The standard InChI is InChI=1S/C45H36N2.C2H6/c1-2-30-47(43-21-10-9-20-42(43)46)35-28-26-34(27-29-35)45-40-17-7-5-15-38(40)44(39-16-6-8-18-41(39)45)33-24-22-32(23-25-33)37-19-11-13-31-12-3-4-14-36(31)37;1-2/h3-29H,2,30,46H2,1H3;1-2H3. The summed E-state index contributed by atoms with van der Waals surface area (Å²) >= 11 is 0. The van der Waals surface area contributed by atoms with E-state index >= 15 is 0 Å². The minimum atomic E-state index is 0.794. The molecule has 8 aromatic carbocycles. The van der Waals surface area contributed by atoms with Gasteiger partial charge in [0, 0.05) is 12.2 Å². The molecule has 2 N–H and O–H groups in total. The van der Waals surface area contributed by atoms with Gasteiger partial charge in [-0.15, -0.1) is 0 Å². The lowest BCUT2D eigenvalue weighted by Gasteiger charge is -2.26. The van der Waals surface area contributed by atoms with E-state index in [4.69, 9.17) is 5.73 Å². The third-order valence-corrected chi connectivity index (χ3v) is 9.35. The highest BCUT2D eigenvalue weighted by Gasteiger charge is 2.18. The van der Waals surface area contributed by atoms with Gasteiger partial charge >= 0.3 is 0 Å². The number of nitrogens with two attached hydrogens (primary N) is 1. The highest BCUT2D eigenvalue weighted by Crippen LogP contribution is 2.44.